The summed E-state index contributed by atoms with van der Waals surface area (Å²) < 4.78 is 5.10. The first kappa shape index (κ1) is 15.9. The molecule has 1 heterocycles. The fourth-order valence-electron chi connectivity index (χ4n) is 1.53. The maximum atomic E-state index is 11.4. The van der Waals surface area contributed by atoms with Crippen LogP contribution < -0.4 is 5.32 Å². The molecular weight excluding hydrogens is 260 g/mol. The molecule has 0 fully saturated rings. The second kappa shape index (κ2) is 6.88. The van der Waals surface area contributed by atoms with Gasteiger partial charge in [-0.1, -0.05) is 0 Å². The highest BCUT2D eigenvalue weighted by Crippen LogP contribution is 2.15. The largest absolute Gasteiger partial charge is 0.506 e. The van der Waals surface area contributed by atoms with Crippen LogP contribution in [0.15, 0.2) is 12.3 Å². The summed E-state index contributed by atoms with van der Waals surface area (Å²) >= 11 is 0. The number of amides is 1. The van der Waals surface area contributed by atoms with E-state index in [-0.39, 0.29) is 11.4 Å². The van der Waals surface area contributed by atoms with Crippen LogP contribution in [0.2, 0.25) is 0 Å². The van der Waals surface area contributed by atoms with Crippen LogP contribution in [-0.4, -0.2) is 34.6 Å². The Balaban J connectivity index is 2.33. The quantitative estimate of drug-likeness (QED) is 0.636. The number of carbonyl (C=O) groups is 2. The molecule has 0 saturated carbocycles. The van der Waals surface area contributed by atoms with Crippen molar-refractivity contribution < 1.29 is 19.4 Å². The summed E-state index contributed by atoms with van der Waals surface area (Å²) in [6.07, 6.45) is 2.91. The van der Waals surface area contributed by atoms with Gasteiger partial charge in [0.1, 0.15) is 17.0 Å². The molecule has 20 heavy (non-hydrogen) atoms. The number of aldehydes is 1. The molecule has 1 aromatic rings. The van der Waals surface area contributed by atoms with Gasteiger partial charge in [0.05, 0.1) is 0 Å². The molecule has 6 heteroatoms. The predicted octanol–water partition coefficient (Wildman–Crippen LogP) is 2.06. The third-order valence-corrected chi connectivity index (χ3v) is 2.38. The zero-order chi connectivity index (χ0) is 15.2. The standard InChI is InChI=1S/C14H20N2O4/c1-14(2,3)20-13(19)15-6-4-5-10-7-12(18)11(9-17)16-8-10/h7-9,18H,4-6H2,1-3H3,(H,15,19). The molecule has 0 aromatic carbocycles. The van der Waals surface area contributed by atoms with E-state index < -0.39 is 11.7 Å². The minimum atomic E-state index is -0.509. The molecule has 0 aliphatic carbocycles. The third kappa shape index (κ3) is 5.69. The van der Waals surface area contributed by atoms with Crippen LogP contribution in [0.3, 0.4) is 0 Å². The van der Waals surface area contributed by atoms with E-state index in [4.69, 9.17) is 4.74 Å². The number of aromatic nitrogens is 1. The minimum Gasteiger partial charge on any atom is -0.506 e. The van der Waals surface area contributed by atoms with Crippen molar-refractivity contribution in [1.29, 1.82) is 0 Å². The maximum absolute atomic E-state index is 11.4. The first-order valence-corrected chi connectivity index (χ1v) is 6.42. The second-order valence-electron chi connectivity index (χ2n) is 5.40. The van der Waals surface area contributed by atoms with E-state index in [2.05, 4.69) is 10.3 Å². The lowest BCUT2D eigenvalue weighted by Gasteiger charge is -2.19. The Morgan fingerprint density at radius 2 is 2.20 bits per heavy atom. The van der Waals surface area contributed by atoms with Gasteiger partial charge in [0, 0.05) is 12.7 Å². The summed E-state index contributed by atoms with van der Waals surface area (Å²) in [7, 11) is 0. The van der Waals surface area contributed by atoms with Crippen molar-refractivity contribution in [3.05, 3.63) is 23.5 Å². The molecule has 0 atom stereocenters. The molecule has 6 nitrogen and oxygen atoms in total. The van der Waals surface area contributed by atoms with E-state index in [1.807, 2.05) is 0 Å². The third-order valence-electron chi connectivity index (χ3n) is 2.38. The van der Waals surface area contributed by atoms with Crippen LogP contribution >= 0.6 is 0 Å². The normalized spacial score (nSPS) is 10.9. The van der Waals surface area contributed by atoms with Crippen LogP contribution in [0.25, 0.3) is 0 Å². The van der Waals surface area contributed by atoms with Crippen molar-refractivity contribution in [3.63, 3.8) is 0 Å². The van der Waals surface area contributed by atoms with E-state index in [0.717, 1.165) is 5.56 Å². The van der Waals surface area contributed by atoms with E-state index >= 15 is 0 Å². The summed E-state index contributed by atoms with van der Waals surface area (Å²) in [5, 5.41) is 12.1. The number of nitrogens with zero attached hydrogens (tertiary/aromatic N) is 1. The van der Waals surface area contributed by atoms with Gasteiger partial charge < -0.3 is 15.2 Å². The predicted molar refractivity (Wildman–Crippen MR) is 73.8 cm³/mol. The van der Waals surface area contributed by atoms with Gasteiger partial charge in [-0.25, -0.2) is 9.78 Å². The van der Waals surface area contributed by atoms with Gasteiger partial charge in [-0.3, -0.25) is 4.79 Å². The fraction of sp³-hybridized carbons (Fsp3) is 0.500. The Hall–Kier alpha value is -2.11. The summed E-state index contributed by atoms with van der Waals surface area (Å²) in [6, 6.07) is 1.50. The Morgan fingerprint density at radius 3 is 2.75 bits per heavy atom. The van der Waals surface area contributed by atoms with Gasteiger partial charge in [-0.05, 0) is 45.2 Å². The molecule has 2 N–H and O–H groups in total. The highest BCUT2D eigenvalue weighted by atomic mass is 16.6. The van der Waals surface area contributed by atoms with Crippen LogP contribution in [0.5, 0.6) is 5.75 Å². The van der Waals surface area contributed by atoms with Crippen molar-refractivity contribution in [1.82, 2.24) is 10.3 Å². The first-order valence-electron chi connectivity index (χ1n) is 6.42. The van der Waals surface area contributed by atoms with E-state index in [0.29, 0.717) is 25.7 Å². The number of hydrogen-bond acceptors (Lipinski definition) is 5. The summed E-state index contributed by atoms with van der Waals surface area (Å²) in [5.41, 5.74) is 0.324. The Morgan fingerprint density at radius 1 is 1.50 bits per heavy atom. The summed E-state index contributed by atoms with van der Waals surface area (Å²) in [4.78, 5) is 25.7. The van der Waals surface area contributed by atoms with Crippen LogP contribution in [0, 0.1) is 0 Å². The lowest BCUT2D eigenvalue weighted by molar-refractivity contribution is 0.0527. The van der Waals surface area contributed by atoms with E-state index in [9.17, 15) is 14.7 Å². The molecule has 0 bridgehead atoms. The number of nitrogens with one attached hydrogen (secondary N) is 1. The van der Waals surface area contributed by atoms with Crippen molar-refractivity contribution in [2.75, 3.05) is 6.54 Å². The Kier molecular flexibility index (Phi) is 5.49. The van der Waals surface area contributed by atoms with Gasteiger partial charge in [0.15, 0.2) is 6.29 Å². The molecule has 1 aromatic heterocycles. The van der Waals surface area contributed by atoms with Crippen molar-refractivity contribution in [2.24, 2.45) is 0 Å². The molecule has 0 radical (unpaired) electrons. The molecule has 0 unspecified atom stereocenters. The van der Waals surface area contributed by atoms with Gasteiger partial charge in [0.25, 0.3) is 0 Å². The molecule has 0 aliphatic heterocycles. The molecule has 0 aliphatic rings. The average molecular weight is 280 g/mol. The fourth-order valence-corrected chi connectivity index (χ4v) is 1.53. The zero-order valence-corrected chi connectivity index (χ0v) is 12.0. The Bertz CT molecular complexity index is 481. The number of rotatable bonds is 5. The summed E-state index contributed by atoms with van der Waals surface area (Å²) in [6.45, 7) is 5.87. The highest BCUT2D eigenvalue weighted by Gasteiger charge is 2.15. The lowest BCUT2D eigenvalue weighted by atomic mass is 10.1. The monoisotopic (exact) mass is 280 g/mol. The van der Waals surface area contributed by atoms with E-state index in [1.54, 1.807) is 20.8 Å². The minimum absolute atomic E-state index is 0.0284. The second-order valence-corrected chi connectivity index (χ2v) is 5.40. The molecule has 0 spiro atoms. The van der Waals surface area contributed by atoms with Crippen molar-refractivity contribution in [2.45, 2.75) is 39.2 Å². The number of pyridine rings is 1. The van der Waals surface area contributed by atoms with Crippen LogP contribution in [-0.2, 0) is 11.2 Å². The SMILES string of the molecule is CC(C)(C)OC(=O)NCCCc1cnc(C=O)c(O)c1. The van der Waals surface area contributed by atoms with Gasteiger partial charge in [0.2, 0.25) is 0 Å². The van der Waals surface area contributed by atoms with Gasteiger partial charge >= 0.3 is 6.09 Å². The number of carbonyl (C=O) groups excluding carboxylic acids is 2. The van der Waals surface area contributed by atoms with Crippen molar-refractivity contribution >= 4 is 12.4 Å². The summed E-state index contributed by atoms with van der Waals surface area (Å²) in [5.74, 6) is -0.127. The zero-order valence-electron chi connectivity index (χ0n) is 12.0. The van der Waals surface area contributed by atoms with E-state index in [1.165, 1.54) is 12.3 Å². The number of hydrogen-bond donors (Lipinski definition) is 2. The topological polar surface area (TPSA) is 88.5 Å². The molecule has 110 valence electrons. The van der Waals surface area contributed by atoms with Gasteiger partial charge in [-0.2, -0.15) is 0 Å². The number of ether oxygens (including phenoxy) is 1. The first-order chi connectivity index (χ1) is 9.31. The maximum Gasteiger partial charge on any atom is 0.407 e. The molecule has 0 saturated heterocycles. The highest BCUT2D eigenvalue weighted by molar-refractivity contribution is 5.75. The number of aromatic hydroxyl groups is 1. The van der Waals surface area contributed by atoms with Crippen molar-refractivity contribution in [3.8, 4) is 5.75 Å². The van der Waals surface area contributed by atoms with Gasteiger partial charge in [-0.15, -0.1) is 0 Å². The number of aryl methyl sites for hydroxylation is 1. The van der Waals surface area contributed by atoms with Crippen LogP contribution in [0.1, 0.15) is 43.2 Å². The smallest absolute Gasteiger partial charge is 0.407 e. The molecular formula is C14H20N2O4. The number of alkyl carbamates (subject to hydrolysis) is 1. The van der Waals surface area contributed by atoms with Crippen LogP contribution in [0.4, 0.5) is 4.79 Å². The molecule has 1 amide bonds. The Labute approximate surface area is 118 Å². The molecule has 1 rings (SSSR count). The lowest BCUT2D eigenvalue weighted by Crippen LogP contribution is -2.33. The average Bonchev–Trinajstić information content (AvgIpc) is 2.33.